The third-order valence-corrected chi connectivity index (χ3v) is 1.91. The molecule has 0 aliphatic carbocycles. The van der Waals surface area contributed by atoms with Crippen molar-refractivity contribution in [2.45, 2.75) is 0 Å². The molecule has 0 N–H and O–H groups in total. The van der Waals surface area contributed by atoms with Crippen molar-refractivity contribution in [2.24, 2.45) is 0 Å². The molecule has 0 fully saturated rings. The molecule has 0 radical (unpaired) electrons. The number of nitro groups is 1. The molecule has 1 aromatic rings. The summed E-state index contributed by atoms with van der Waals surface area (Å²) in [5.74, 6) is -0.364. The summed E-state index contributed by atoms with van der Waals surface area (Å²) in [7, 11) is 0. The van der Waals surface area contributed by atoms with Gasteiger partial charge in [0.25, 0.3) is 0 Å². The van der Waals surface area contributed by atoms with E-state index in [1.54, 1.807) is 0 Å². The Labute approximate surface area is 69.0 Å². The zero-order valence-electron chi connectivity index (χ0n) is 4.51. The van der Waals surface area contributed by atoms with Crippen LogP contribution >= 0.6 is 27.5 Å². The number of nitrogens with zero attached hydrogens (tertiary/aromatic N) is 1. The number of hydrogen-bond donors (Lipinski definition) is 0. The maximum Gasteiger partial charge on any atom is 0.435 e. The minimum Gasteiger partial charge on any atom is -0.388 e. The van der Waals surface area contributed by atoms with Gasteiger partial charge in [0.15, 0.2) is 0 Å². The molecule has 0 aliphatic rings. The summed E-state index contributed by atoms with van der Waals surface area (Å²) < 4.78 is 4.88. The lowest BCUT2D eigenvalue weighted by molar-refractivity contribution is -0.402. The van der Waals surface area contributed by atoms with Crippen LogP contribution in [0.2, 0.25) is 5.22 Å². The minimum absolute atomic E-state index is 0.00769. The van der Waals surface area contributed by atoms with Crippen molar-refractivity contribution in [1.29, 1.82) is 0 Å². The third kappa shape index (κ3) is 1.30. The van der Waals surface area contributed by atoms with E-state index in [9.17, 15) is 10.1 Å². The average molecular weight is 226 g/mol. The van der Waals surface area contributed by atoms with E-state index in [1.165, 1.54) is 6.07 Å². The minimum atomic E-state index is -0.656. The van der Waals surface area contributed by atoms with Gasteiger partial charge in [-0.3, -0.25) is 10.1 Å². The second-order valence-electron chi connectivity index (χ2n) is 1.46. The summed E-state index contributed by atoms with van der Waals surface area (Å²) in [6.07, 6.45) is 0. The van der Waals surface area contributed by atoms with E-state index in [1.807, 2.05) is 0 Å². The Morgan fingerprint density at radius 1 is 1.80 bits per heavy atom. The summed E-state index contributed by atoms with van der Waals surface area (Å²) in [6.45, 7) is 0. The maximum absolute atomic E-state index is 10.00. The van der Waals surface area contributed by atoms with Crippen molar-refractivity contribution >= 4 is 33.4 Å². The number of hydrogen-bond acceptors (Lipinski definition) is 3. The molecule has 0 bridgehead atoms. The Balaban J connectivity index is 3.10. The van der Waals surface area contributed by atoms with Gasteiger partial charge in [0, 0.05) is 0 Å². The standard InChI is InChI=1S/C4HBrClNO3/c5-2-1-3(7(8)9)10-4(2)6/h1H. The Bertz CT molecular complexity index is 252. The lowest BCUT2D eigenvalue weighted by Crippen LogP contribution is -1.82. The summed E-state index contributed by atoms with van der Waals surface area (Å²) in [6, 6.07) is 1.20. The fourth-order valence-corrected chi connectivity index (χ4v) is 0.836. The number of furan rings is 1. The Morgan fingerprint density at radius 2 is 2.40 bits per heavy atom. The average Bonchev–Trinajstić information content (AvgIpc) is 2.13. The van der Waals surface area contributed by atoms with Crippen LogP contribution in [-0.2, 0) is 0 Å². The van der Waals surface area contributed by atoms with Gasteiger partial charge in [0.1, 0.15) is 4.92 Å². The van der Waals surface area contributed by atoms with Crippen molar-refractivity contribution in [3.05, 3.63) is 25.9 Å². The van der Waals surface area contributed by atoms with Gasteiger partial charge in [-0.1, -0.05) is 0 Å². The second kappa shape index (κ2) is 2.59. The van der Waals surface area contributed by atoms with Crippen molar-refractivity contribution in [2.75, 3.05) is 0 Å². The highest BCUT2D eigenvalue weighted by atomic mass is 79.9. The molecule has 4 nitrogen and oxygen atoms in total. The summed E-state index contributed by atoms with van der Waals surface area (Å²) >= 11 is 8.31. The lowest BCUT2D eigenvalue weighted by Gasteiger charge is -1.78. The second-order valence-corrected chi connectivity index (χ2v) is 2.66. The molecule has 0 aliphatic heterocycles. The van der Waals surface area contributed by atoms with Gasteiger partial charge in [0.2, 0.25) is 5.22 Å². The van der Waals surface area contributed by atoms with Crippen molar-refractivity contribution < 1.29 is 9.34 Å². The van der Waals surface area contributed by atoms with Gasteiger partial charge in [0.05, 0.1) is 10.5 Å². The predicted octanol–water partition coefficient (Wildman–Crippen LogP) is 2.60. The molecule has 0 saturated carbocycles. The van der Waals surface area contributed by atoms with Gasteiger partial charge < -0.3 is 4.42 Å². The van der Waals surface area contributed by atoms with E-state index in [2.05, 4.69) is 20.3 Å². The van der Waals surface area contributed by atoms with Gasteiger partial charge in [-0.05, 0) is 27.5 Å². The molecule has 0 unspecified atom stereocenters. The van der Waals surface area contributed by atoms with E-state index >= 15 is 0 Å². The lowest BCUT2D eigenvalue weighted by atomic mass is 10.6. The van der Waals surface area contributed by atoms with Crippen molar-refractivity contribution in [1.82, 2.24) is 0 Å². The first-order valence-corrected chi connectivity index (χ1v) is 3.37. The van der Waals surface area contributed by atoms with E-state index in [0.29, 0.717) is 4.47 Å². The van der Waals surface area contributed by atoms with Crippen LogP contribution in [0.1, 0.15) is 0 Å². The predicted molar refractivity (Wildman–Crippen MR) is 38.1 cm³/mol. The number of rotatable bonds is 1. The molecular formula is C4HBrClNO3. The summed E-state index contributed by atoms with van der Waals surface area (Å²) in [4.78, 5) is 9.34. The van der Waals surface area contributed by atoms with Gasteiger partial charge in [-0.15, -0.1) is 0 Å². The van der Waals surface area contributed by atoms with Crippen LogP contribution in [0.4, 0.5) is 5.88 Å². The molecule has 6 heteroatoms. The zero-order chi connectivity index (χ0) is 7.72. The van der Waals surface area contributed by atoms with Crippen molar-refractivity contribution in [3.63, 3.8) is 0 Å². The van der Waals surface area contributed by atoms with Crippen LogP contribution in [0.25, 0.3) is 0 Å². The quantitative estimate of drug-likeness (QED) is 0.546. The maximum atomic E-state index is 10.00. The first-order valence-electron chi connectivity index (χ1n) is 2.20. The van der Waals surface area contributed by atoms with E-state index < -0.39 is 4.92 Å². The molecule has 0 amide bonds. The summed E-state index contributed by atoms with van der Waals surface area (Å²) in [5.41, 5.74) is 0. The van der Waals surface area contributed by atoms with Crippen LogP contribution in [0.3, 0.4) is 0 Å². The molecule has 10 heavy (non-hydrogen) atoms. The van der Waals surface area contributed by atoms with Crippen molar-refractivity contribution in [3.8, 4) is 0 Å². The fourth-order valence-electron chi connectivity index (χ4n) is 0.425. The highest BCUT2D eigenvalue weighted by Gasteiger charge is 2.14. The molecule has 0 atom stereocenters. The van der Waals surface area contributed by atoms with E-state index in [4.69, 9.17) is 11.6 Å². The molecule has 0 aromatic carbocycles. The summed E-state index contributed by atoms with van der Waals surface area (Å²) in [5, 5.41) is 9.99. The largest absolute Gasteiger partial charge is 0.435 e. The molecule has 1 aromatic heterocycles. The van der Waals surface area contributed by atoms with Crippen LogP contribution in [-0.4, -0.2) is 4.92 Å². The molecule has 0 spiro atoms. The first kappa shape index (κ1) is 7.56. The monoisotopic (exact) mass is 225 g/mol. The van der Waals surface area contributed by atoms with Crippen LogP contribution in [0.5, 0.6) is 0 Å². The highest BCUT2D eigenvalue weighted by molar-refractivity contribution is 9.10. The van der Waals surface area contributed by atoms with Crippen LogP contribution in [0, 0.1) is 10.1 Å². The Hall–Kier alpha value is -0.550. The Morgan fingerprint density at radius 3 is 2.60 bits per heavy atom. The molecular weight excluding hydrogens is 225 g/mol. The van der Waals surface area contributed by atoms with E-state index in [-0.39, 0.29) is 11.1 Å². The Kier molecular flexibility index (Phi) is 1.96. The normalized spacial score (nSPS) is 9.80. The molecule has 1 rings (SSSR count). The van der Waals surface area contributed by atoms with Crippen LogP contribution < -0.4 is 0 Å². The SMILES string of the molecule is O=[N+]([O-])c1cc(Br)c(Cl)o1. The van der Waals surface area contributed by atoms with E-state index in [0.717, 1.165) is 0 Å². The third-order valence-electron chi connectivity index (χ3n) is 0.812. The molecule has 1 heterocycles. The smallest absolute Gasteiger partial charge is 0.388 e. The molecule has 0 saturated heterocycles. The zero-order valence-corrected chi connectivity index (χ0v) is 6.85. The first-order chi connectivity index (χ1) is 4.61. The van der Waals surface area contributed by atoms with Gasteiger partial charge in [-0.25, -0.2) is 0 Å². The fraction of sp³-hybridized carbons (Fsp3) is 0. The molecule has 54 valence electrons. The number of halogens is 2. The van der Waals surface area contributed by atoms with Gasteiger partial charge in [-0.2, -0.15) is 0 Å². The van der Waals surface area contributed by atoms with Gasteiger partial charge >= 0.3 is 5.88 Å². The highest BCUT2D eigenvalue weighted by Crippen LogP contribution is 2.30. The topological polar surface area (TPSA) is 56.3 Å². The van der Waals surface area contributed by atoms with Crippen LogP contribution in [0.15, 0.2) is 15.0 Å².